The van der Waals surface area contributed by atoms with E-state index >= 15 is 0 Å². The van der Waals surface area contributed by atoms with Crippen molar-refractivity contribution in [3.63, 3.8) is 0 Å². The molecule has 1 aliphatic heterocycles. The summed E-state index contributed by atoms with van der Waals surface area (Å²) in [6.07, 6.45) is 1.97. The van der Waals surface area contributed by atoms with E-state index in [1.54, 1.807) is 6.07 Å². The molecule has 1 aromatic rings. The second-order valence-electron chi connectivity index (χ2n) is 4.47. The zero-order chi connectivity index (χ0) is 11.9. The van der Waals surface area contributed by atoms with Gasteiger partial charge in [-0.25, -0.2) is 0 Å². The van der Waals surface area contributed by atoms with Gasteiger partial charge < -0.3 is 9.84 Å². The molecule has 1 aromatic carbocycles. The van der Waals surface area contributed by atoms with E-state index in [-0.39, 0.29) is 5.75 Å². The van der Waals surface area contributed by atoms with E-state index in [4.69, 9.17) is 4.74 Å². The maximum Gasteiger partial charge on any atom is 0.131 e. The van der Waals surface area contributed by atoms with Crippen molar-refractivity contribution in [2.24, 2.45) is 5.92 Å². The van der Waals surface area contributed by atoms with Gasteiger partial charge in [-0.3, -0.25) is 0 Å². The van der Waals surface area contributed by atoms with Crippen molar-refractivity contribution in [3.05, 3.63) is 41.2 Å². The number of fused-ring (bicyclic) bond motifs is 1. The van der Waals surface area contributed by atoms with Crippen LogP contribution in [0.3, 0.4) is 0 Å². The van der Waals surface area contributed by atoms with Gasteiger partial charge in [-0.15, -0.1) is 0 Å². The molecule has 0 spiro atoms. The molecule has 1 heterocycles. The summed E-state index contributed by atoms with van der Waals surface area (Å²) in [5.41, 5.74) is 2.72. The molecule has 84 valence electrons. The van der Waals surface area contributed by atoms with Gasteiger partial charge >= 0.3 is 0 Å². The van der Waals surface area contributed by atoms with E-state index in [1.807, 2.05) is 19.1 Å². The number of phenolic OH excluding ortho intramolecular Hbond substituents is 1. The molecule has 1 aliphatic rings. The van der Waals surface area contributed by atoms with Crippen molar-refractivity contribution in [2.45, 2.75) is 20.8 Å². The Morgan fingerprint density at radius 3 is 2.62 bits per heavy atom. The lowest BCUT2D eigenvalue weighted by Crippen LogP contribution is -2.06. The highest BCUT2D eigenvalue weighted by molar-refractivity contribution is 5.78. The summed E-state index contributed by atoms with van der Waals surface area (Å²) in [5.74, 6) is 1.97. The van der Waals surface area contributed by atoms with E-state index in [1.165, 1.54) is 0 Å². The van der Waals surface area contributed by atoms with Gasteiger partial charge in [-0.2, -0.15) is 0 Å². The Morgan fingerprint density at radius 1 is 1.31 bits per heavy atom. The maximum absolute atomic E-state index is 9.86. The van der Waals surface area contributed by atoms with E-state index in [2.05, 4.69) is 20.4 Å². The largest absolute Gasteiger partial charge is 0.507 e. The molecular weight excluding hydrogens is 200 g/mol. The third-order valence-corrected chi connectivity index (χ3v) is 2.68. The fourth-order valence-electron chi connectivity index (χ4n) is 1.87. The van der Waals surface area contributed by atoms with Crippen LogP contribution in [0, 0.1) is 12.8 Å². The summed E-state index contributed by atoms with van der Waals surface area (Å²) in [6, 6.07) is 3.76. The molecule has 0 bridgehead atoms. The quantitative estimate of drug-likeness (QED) is 0.775. The lowest BCUT2D eigenvalue weighted by Gasteiger charge is -2.23. The molecule has 0 unspecified atom stereocenters. The van der Waals surface area contributed by atoms with Gasteiger partial charge in [0.05, 0.1) is 5.56 Å². The molecule has 1 N–H and O–H groups in total. The summed E-state index contributed by atoms with van der Waals surface area (Å²) in [7, 11) is 0. The van der Waals surface area contributed by atoms with Crippen LogP contribution in [-0.2, 0) is 4.74 Å². The minimum Gasteiger partial charge on any atom is -0.507 e. The first kappa shape index (κ1) is 10.8. The zero-order valence-electron chi connectivity index (χ0n) is 9.87. The normalized spacial score (nSPS) is 14.5. The number of hydrogen-bond acceptors (Lipinski definition) is 2. The van der Waals surface area contributed by atoms with E-state index < -0.39 is 0 Å². The number of rotatable bonds is 1. The van der Waals surface area contributed by atoms with Crippen LogP contribution >= 0.6 is 0 Å². The molecule has 0 saturated carbocycles. The summed E-state index contributed by atoms with van der Waals surface area (Å²) in [4.78, 5) is 0. The second-order valence-corrected chi connectivity index (χ2v) is 4.47. The van der Waals surface area contributed by atoms with Gasteiger partial charge in [-0.1, -0.05) is 26.5 Å². The average Bonchev–Trinajstić information content (AvgIpc) is 2.15. The molecule has 16 heavy (non-hydrogen) atoms. The lowest BCUT2D eigenvalue weighted by atomic mass is 9.97. The molecular formula is C14H16O2. The van der Waals surface area contributed by atoms with Gasteiger partial charge in [0.25, 0.3) is 0 Å². The maximum atomic E-state index is 9.86. The molecule has 2 rings (SSSR count). The van der Waals surface area contributed by atoms with Gasteiger partial charge in [-0.05, 0) is 30.2 Å². The fraction of sp³-hybridized carbons (Fsp3) is 0.286. The number of phenols is 1. The monoisotopic (exact) mass is 216 g/mol. The van der Waals surface area contributed by atoms with Crippen LogP contribution in [-0.4, -0.2) is 5.11 Å². The van der Waals surface area contributed by atoms with Crippen molar-refractivity contribution < 1.29 is 9.84 Å². The van der Waals surface area contributed by atoms with E-state index in [0.29, 0.717) is 17.2 Å². The number of ether oxygens (including phenoxy) is 1. The summed E-state index contributed by atoms with van der Waals surface area (Å²) < 4.78 is 5.60. The molecule has 2 heteroatoms. The molecule has 0 fully saturated rings. The van der Waals surface area contributed by atoms with Crippen molar-refractivity contribution in [2.75, 3.05) is 0 Å². The number of aryl methyl sites for hydroxylation is 1. The molecule has 0 atom stereocenters. The summed E-state index contributed by atoms with van der Waals surface area (Å²) in [6.45, 7) is 9.95. The van der Waals surface area contributed by atoms with Crippen LogP contribution in [0.5, 0.6) is 5.75 Å². The molecule has 0 aliphatic carbocycles. The first-order chi connectivity index (χ1) is 7.49. The zero-order valence-corrected chi connectivity index (χ0v) is 9.87. The molecule has 0 aromatic heterocycles. The van der Waals surface area contributed by atoms with Crippen LogP contribution in [0.4, 0.5) is 0 Å². The lowest BCUT2D eigenvalue weighted by molar-refractivity contribution is 0.331. The number of benzene rings is 1. The Kier molecular flexibility index (Phi) is 2.50. The Morgan fingerprint density at radius 2 is 2.00 bits per heavy atom. The molecule has 2 nitrogen and oxygen atoms in total. The van der Waals surface area contributed by atoms with Crippen molar-refractivity contribution in [1.29, 1.82) is 0 Å². The van der Waals surface area contributed by atoms with E-state index in [0.717, 1.165) is 16.9 Å². The standard InChI is InChI=1S/C14H16O2/c1-8(2)13-7-11-5-9(3)6-12(15)14(11)10(4)16-13/h5-8,15H,4H2,1-3H3. The van der Waals surface area contributed by atoms with Gasteiger partial charge in [0.15, 0.2) is 0 Å². The van der Waals surface area contributed by atoms with Crippen LogP contribution in [0.25, 0.3) is 11.8 Å². The molecule has 0 amide bonds. The van der Waals surface area contributed by atoms with Crippen molar-refractivity contribution >= 4 is 11.8 Å². The Balaban J connectivity index is 2.62. The first-order valence-corrected chi connectivity index (χ1v) is 5.41. The highest BCUT2D eigenvalue weighted by Gasteiger charge is 2.20. The highest BCUT2D eigenvalue weighted by Crippen LogP contribution is 2.38. The number of aromatic hydroxyl groups is 1. The van der Waals surface area contributed by atoms with Crippen LogP contribution in [0.1, 0.15) is 30.5 Å². The summed E-state index contributed by atoms with van der Waals surface area (Å²) >= 11 is 0. The SMILES string of the molecule is C=C1OC(C(C)C)=Cc2cc(C)cc(O)c21. The van der Waals surface area contributed by atoms with Crippen molar-refractivity contribution in [3.8, 4) is 5.75 Å². The predicted octanol–water partition coefficient (Wildman–Crippen LogP) is 3.70. The minimum absolute atomic E-state index is 0.235. The van der Waals surface area contributed by atoms with Crippen LogP contribution in [0.2, 0.25) is 0 Å². The fourth-order valence-corrected chi connectivity index (χ4v) is 1.87. The second kappa shape index (κ2) is 3.71. The van der Waals surface area contributed by atoms with Gasteiger partial charge in [0, 0.05) is 5.92 Å². The van der Waals surface area contributed by atoms with Gasteiger partial charge in [0.1, 0.15) is 17.3 Å². The Labute approximate surface area is 95.9 Å². The number of hydrogen-bond donors (Lipinski definition) is 1. The summed E-state index contributed by atoms with van der Waals surface area (Å²) in [5, 5.41) is 9.86. The first-order valence-electron chi connectivity index (χ1n) is 5.41. The van der Waals surface area contributed by atoms with E-state index in [9.17, 15) is 5.11 Å². The smallest absolute Gasteiger partial charge is 0.131 e. The molecule has 0 saturated heterocycles. The topological polar surface area (TPSA) is 29.5 Å². The Bertz CT molecular complexity index is 482. The Hall–Kier alpha value is -1.70. The van der Waals surface area contributed by atoms with Gasteiger partial charge in [0.2, 0.25) is 0 Å². The third-order valence-electron chi connectivity index (χ3n) is 2.68. The minimum atomic E-state index is 0.235. The number of allylic oxidation sites excluding steroid dienone is 1. The highest BCUT2D eigenvalue weighted by atomic mass is 16.5. The predicted molar refractivity (Wildman–Crippen MR) is 65.8 cm³/mol. The van der Waals surface area contributed by atoms with Crippen molar-refractivity contribution in [1.82, 2.24) is 0 Å². The average molecular weight is 216 g/mol. The molecule has 0 radical (unpaired) electrons. The van der Waals surface area contributed by atoms with Crippen LogP contribution < -0.4 is 0 Å². The third kappa shape index (κ3) is 1.71. The van der Waals surface area contributed by atoms with Crippen LogP contribution in [0.15, 0.2) is 24.5 Å².